The van der Waals surface area contributed by atoms with Gasteiger partial charge in [-0.05, 0) is 73.6 Å². The summed E-state index contributed by atoms with van der Waals surface area (Å²) in [5.74, 6) is -0.585. The van der Waals surface area contributed by atoms with E-state index in [2.05, 4.69) is 0 Å². The average molecular weight is 643 g/mol. The highest BCUT2D eigenvalue weighted by Gasteiger charge is 2.40. The van der Waals surface area contributed by atoms with Crippen molar-refractivity contribution in [2.24, 2.45) is 0 Å². The van der Waals surface area contributed by atoms with Gasteiger partial charge in [0.05, 0.1) is 24.0 Å². The third-order valence-electron chi connectivity index (χ3n) is 7.35. The number of hydrogen-bond acceptors (Lipinski definition) is 10. The van der Waals surface area contributed by atoms with Crippen molar-refractivity contribution in [1.29, 1.82) is 0 Å². The number of methoxy groups -OCH3 is 2. The minimum absolute atomic E-state index is 0.0413. The molecule has 3 aromatic rings. The summed E-state index contributed by atoms with van der Waals surface area (Å²) in [6, 6.07) is 15.5. The van der Waals surface area contributed by atoms with Crippen molar-refractivity contribution >= 4 is 27.6 Å². The minimum Gasteiger partial charge on any atom is -0.493 e. The first-order valence-electron chi connectivity index (χ1n) is 14.2. The van der Waals surface area contributed by atoms with Crippen LogP contribution in [0.2, 0.25) is 0 Å². The van der Waals surface area contributed by atoms with Crippen LogP contribution in [0.15, 0.2) is 71.6 Å². The molecule has 45 heavy (non-hydrogen) atoms. The third-order valence-corrected chi connectivity index (χ3v) is 9.26. The number of nitro benzene ring substituents is 1. The van der Waals surface area contributed by atoms with E-state index < -0.39 is 45.6 Å². The van der Waals surface area contributed by atoms with Crippen LogP contribution in [0.5, 0.6) is 17.2 Å². The van der Waals surface area contributed by atoms with Crippen molar-refractivity contribution in [2.75, 3.05) is 27.4 Å². The quantitative estimate of drug-likeness (QED) is 0.149. The van der Waals surface area contributed by atoms with Crippen LogP contribution in [-0.4, -0.2) is 68.1 Å². The van der Waals surface area contributed by atoms with E-state index in [1.54, 1.807) is 36.4 Å². The number of benzene rings is 3. The molecule has 0 saturated carbocycles. The van der Waals surface area contributed by atoms with E-state index in [4.69, 9.17) is 24.1 Å². The summed E-state index contributed by atoms with van der Waals surface area (Å²) in [5, 5.41) is 20.3. The number of non-ortho nitro benzene ring substituents is 1. The molecule has 240 valence electrons. The molecule has 1 N–H and O–H groups in total. The van der Waals surface area contributed by atoms with Crippen LogP contribution in [0.4, 0.5) is 5.69 Å². The Labute approximate surface area is 260 Å². The first kappa shape index (κ1) is 33.2. The number of carbonyl (C=O) groups excluding carboxylic acids is 1. The molecule has 1 heterocycles. The summed E-state index contributed by atoms with van der Waals surface area (Å²) < 4.78 is 50.4. The van der Waals surface area contributed by atoms with Crippen molar-refractivity contribution < 1.29 is 47.0 Å². The van der Waals surface area contributed by atoms with Crippen LogP contribution >= 0.6 is 0 Å². The first-order valence-corrected chi connectivity index (χ1v) is 15.6. The van der Waals surface area contributed by atoms with Crippen LogP contribution in [0.1, 0.15) is 42.9 Å². The van der Waals surface area contributed by atoms with Gasteiger partial charge in [0.15, 0.2) is 18.1 Å². The lowest BCUT2D eigenvalue weighted by Gasteiger charge is -2.34. The van der Waals surface area contributed by atoms with Crippen molar-refractivity contribution in [3.05, 3.63) is 88.0 Å². The molecular formula is C31H34N2O11S. The summed E-state index contributed by atoms with van der Waals surface area (Å²) >= 11 is 0. The molecule has 0 aliphatic carbocycles. The Morgan fingerprint density at radius 3 is 2.49 bits per heavy atom. The largest absolute Gasteiger partial charge is 0.493 e. The maximum atomic E-state index is 13.8. The maximum Gasteiger partial charge on any atom is 0.341 e. The zero-order valence-corrected chi connectivity index (χ0v) is 25.6. The molecule has 0 spiro atoms. The standard InChI is InChI=1S/C31H34N2O11S/c1-41-28-15-13-21(17-29(28)42-2)12-14-27(22-7-5-9-24(18-22)43-20-30(34)35)44-31(36)26-11-3-4-16-32(26)45(39,40)25-10-6-8-23(19-25)33(37)38/h5-10,13,15,17-19,26-27H,3-4,11-12,14,16,20H2,1-2H3,(H,34,35)/t26-,27+/m0/s1. The van der Waals surface area contributed by atoms with Crippen LogP contribution < -0.4 is 14.2 Å². The summed E-state index contributed by atoms with van der Waals surface area (Å²) in [4.78, 5) is 35.1. The molecule has 1 saturated heterocycles. The van der Waals surface area contributed by atoms with Gasteiger partial charge in [-0.1, -0.05) is 24.3 Å². The number of ether oxygens (including phenoxy) is 4. The molecular weight excluding hydrogens is 608 g/mol. The third kappa shape index (κ3) is 8.28. The molecule has 0 bridgehead atoms. The predicted molar refractivity (Wildman–Crippen MR) is 161 cm³/mol. The summed E-state index contributed by atoms with van der Waals surface area (Å²) in [6.45, 7) is -0.522. The molecule has 1 aliphatic heterocycles. The number of carboxylic acid groups (broad SMARTS) is 1. The lowest BCUT2D eigenvalue weighted by Crippen LogP contribution is -2.48. The highest BCUT2D eigenvalue weighted by Crippen LogP contribution is 2.33. The summed E-state index contributed by atoms with van der Waals surface area (Å²) in [7, 11) is -1.23. The topological polar surface area (TPSA) is 172 Å². The van der Waals surface area contributed by atoms with Crippen molar-refractivity contribution in [3.63, 3.8) is 0 Å². The normalized spacial score (nSPS) is 15.9. The fraction of sp³-hybridized carbons (Fsp3) is 0.355. The number of carboxylic acids is 1. The zero-order valence-electron chi connectivity index (χ0n) is 24.8. The molecule has 4 rings (SSSR count). The molecule has 13 nitrogen and oxygen atoms in total. The molecule has 1 fully saturated rings. The number of piperidine rings is 1. The fourth-order valence-corrected chi connectivity index (χ4v) is 6.80. The van der Waals surface area contributed by atoms with Gasteiger partial charge >= 0.3 is 11.9 Å². The summed E-state index contributed by atoms with van der Waals surface area (Å²) in [6.07, 6.45) is 1.15. The fourth-order valence-electron chi connectivity index (χ4n) is 5.12. The molecule has 0 unspecified atom stereocenters. The molecule has 0 radical (unpaired) electrons. The number of hydrogen-bond donors (Lipinski definition) is 1. The van der Waals surface area contributed by atoms with Crippen LogP contribution in [0.25, 0.3) is 0 Å². The molecule has 0 amide bonds. The smallest absolute Gasteiger partial charge is 0.341 e. The lowest BCUT2D eigenvalue weighted by molar-refractivity contribution is -0.385. The second-order valence-corrected chi connectivity index (χ2v) is 12.2. The molecule has 14 heteroatoms. The van der Waals surface area contributed by atoms with Gasteiger partial charge in [-0.25, -0.2) is 13.2 Å². The van der Waals surface area contributed by atoms with Crippen LogP contribution in [0.3, 0.4) is 0 Å². The monoisotopic (exact) mass is 642 g/mol. The van der Waals surface area contributed by atoms with E-state index in [1.807, 2.05) is 6.07 Å². The van der Waals surface area contributed by atoms with Gasteiger partial charge in [-0.3, -0.25) is 14.9 Å². The predicted octanol–water partition coefficient (Wildman–Crippen LogP) is 4.54. The van der Waals surface area contributed by atoms with Gasteiger partial charge in [-0.15, -0.1) is 0 Å². The number of nitro groups is 1. The minimum atomic E-state index is -4.28. The lowest BCUT2D eigenvalue weighted by atomic mass is 10.00. The second kappa shape index (κ2) is 14.9. The SMILES string of the molecule is COc1ccc(CC[C@@H](OC(=O)[C@@H]2CCCCN2S(=O)(=O)c2cccc([N+](=O)[O-])c2)c2cccc(OCC(=O)O)c2)cc1OC. The van der Waals surface area contributed by atoms with Gasteiger partial charge in [0.2, 0.25) is 10.0 Å². The first-order chi connectivity index (χ1) is 21.5. The van der Waals surface area contributed by atoms with E-state index in [0.29, 0.717) is 36.3 Å². The van der Waals surface area contributed by atoms with E-state index in [0.717, 1.165) is 15.9 Å². The zero-order chi connectivity index (χ0) is 32.6. The number of rotatable bonds is 14. The number of aliphatic carboxylic acids is 1. The van der Waals surface area contributed by atoms with Gasteiger partial charge in [0.1, 0.15) is 17.9 Å². The van der Waals surface area contributed by atoms with E-state index in [9.17, 15) is 28.1 Å². The van der Waals surface area contributed by atoms with Crippen LogP contribution in [-0.2, 0) is 30.8 Å². The number of esters is 1. The highest BCUT2D eigenvalue weighted by molar-refractivity contribution is 7.89. The molecule has 0 aromatic heterocycles. The maximum absolute atomic E-state index is 13.8. The molecule has 3 aromatic carbocycles. The van der Waals surface area contributed by atoms with Crippen molar-refractivity contribution in [1.82, 2.24) is 4.31 Å². The van der Waals surface area contributed by atoms with E-state index in [1.165, 1.54) is 32.4 Å². The van der Waals surface area contributed by atoms with Gasteiger partial charge in [0.25, 0.3) is 5.69 Å². The number of aryl methyl sites for hydroxylation is 1. The highest BCUT2D eigenvalue weighted by atomic mass is 32.2. The van der Waals surface area contributed by atoms with Gasteiger partial charge < -0.3 is 24.1 Å². The average Bonchev–Trinajstić information content (AvgIpc) is 3.05. The van der Waals surface area contributed by atoms with Crippen LogP contribution in [0, 0.1) is 10.1 Å². The number of nitrogens with zero attached hydrogens (tertiary/aromatic N) is 2. The Morgan fingerprint density at radius 1 is 1.02 bits per heavy atom. The van der Waals surface area contributed by atoms with Gasteiger partial charge in [-0.2, -0.15) is 4.31 Å². The van der Waals surface area contributed by atoms with E-state index >= 15 is 0 Å². The molecule has 1 aliphatic rings. The van der Waals surface area contributed by atoms with Crippen molar-refractivity contribution in [3.8, 4) is 17.2 Å². The Bertz CT molecular complexity index is 1640. The van der Waals surface area contributed by atoms with Crippen molar-refractivity contribution in [2.45, 2.75) is 49.1 Å². The molecule has 2 atom stereocenters. The Morgan fingerprint density at radius 2 is 1.78 bits per heavy atom. The Balaban J connectivity index is 1.62. The second-order valence-electron chi connectivity index (χ2n) is 10.3. The Kier molecular flexibility index (Phi) is 11.0. The van der Waals surface area contributed by atoms with E-state index in [-0.39, 0.29) is 35.7 Å². The number of sulfonamides is 1. The summed E-state index contributed by atoms with van der Waals surface area (Å²) in [5.41, 5.74) is 1.00. The number of carbonyl (C=O) groups is 2. The Hall–Kier alpha value is -4.69. The van der Waals surface area contributed by atoms with Gasteiger partial charge in [0, 0.05) is 18.7 Å².